The van der Waals surface area contributed by atoms with Crippen molar-refractivity contribution in [3.05, 3.63) is 35.4 Å². The van der Waals surface area contributed by atoms with Crippen molar-refractivity contribution in [1.29, 1.82) is 0 Å². The van der Waals surface area contributed by atoms with Gasteiger partial charge in [-0.25, -0.2) is 8.78 Å². The zero-order valence-corrected chi connectivity index (χ0v) is 10.0. The molecule has 16 heavy (non-hydrogen) atoms. The van der Waals surface area contributed by atoms with Crippen molar-refractivity contribution in [2.24, 2.45) is 5.92 Å². The molecule has 90 valence electrons. The maximum atomic E-state index is 13.2. The smallest absolute Gasteiger partial charge is 0.130 e. The van der Waals surface area contributed by atoms with Gasteiger partial charge in [-0.1, -0.05) is 13.0 Å². The first-order valence-corrected chi connectivity index (χ1v) is 5.87. The van der Waals surface area contributed by atoms with Crippen molar-refractivity contribution in [2.75, 3.05) is 12.4 Å². The van der Waals surface area contributed by atoms with E-state index in [0.29, 0.717) is 23.9 Å². The van der Waals surface area contributed by atoms with Gasteiger partial charge in [0.2, 0.25) is 0 Å². The van der Waals surface area contributed by atoms with E-state index in [1.807, 2.05) is 0 Å². The quantitative estimate of drug-likeness (QED) is 0.761. The molecule has 1 aromatic rings. The number of hydrogen-bond acceptors (Lipinski definition) is 1. The van der Waals surface area contributed by atoms with Crippen LogP contribution in [0.3, 0.4) is 0 Å². The van der Waals surface area contributed by atoms with E-state index in [9.17, 15) is 8.78 Å². The van der Waals surface area contributed by atoms with Crippen molar-refractivity contribution in [3.63, 3.8) is 0 Å². The van der Waals surface area contributed by atoms with Crippen molar-refractivity contribution >= 4 is 11.6 Å². The van der Waals surface area contributed by atoms with E-state index in [2.05, 4.69) is 12.2 Å². The zero-order valence-electron chi connectivity index (χ0n) is 9.27. The Morgan fingerprint density at radius 3 is 2.75 bits per heavy atom. The highest BCUT2D eigenvalue weighted by Gasteiger charge is 2.04. The van der Waals surface area contributed by atoms with Crippen molar-refractivity contribution in [2.45, 2.75) is 19.9 Å². The second-order valence-electron chi connectivity index (χ2n) is 3.95. The lowest BCUT2D eigenvalue weighted by molar-refractivity contribution is 0.492. The minimum atomic E-state index is -0.545. The number of rotatable bonds is 6. The molecule has 4 heteroatoms. The molecule has 1 unspecified atom stereocenters. The summed E-state index contributed by atoms with van der Waals surface area (Å²) in [5.41, 5.74) is 0.486. The van der Waals surface area contributed by atoms with Gasteiger partial charge in [-0.2, -0.15) is 0 Å². The molecule has 0 aliphatic carbocycles. The molecule has 0 fully saturated rings. The fourth-order valence-corrected chi connectivity index (χ4v) is 1.78. The largest absolute Gasteiger partial charge is 0.312 e. The van der Waals surface area contributed by atoms with Gasteiger partial charge in [0, 0.05) is 24.1 Å². The molecular formula is C12H16ClF2N. The van der Waals surface area contributed by atoms with Crippen LogP contribution in [0.25, 0.3) is 0 Å². The molecule has 0 heterocycles. The zero-order chi connectivity index (χ0) is 12.0. The molecule has 1 atom stereocenters. The van der Waals surface area contributed by atoms with Gasteiger partial charge in [0.15, 0.2) is 0 Å². The lowest BCUT2D eigenvalue weighted by atomic mass is 10.1. The van der Waals surface area contributed by atoms with Crippen LogP contribution >= 0.6 is 11.6 Å². The molecule has 0 bridgehead atoms. The predicted molar refractivity (Wildman–Crippen MR) is 62.6 cm³/mol. The van der Waals surface area contributed by atoms with Gasteiger partial charge in [-0.05, 0) is 24.9 Å². The van der Waals surface area contributed by atoms with Crippen LogP contribution in [-0.2, 0) is 6.54 Å². The summed E-state index contributed by atoms with van der Waals surface area (Å²) in [5.74, 6) is 0.0450. The first kappa shape index (κ1) is 13.4. The van der Waals surface area contributed by atoms with Crippen LogP contribution in [0.2, 0.25) is 0 Å². The van der Waals surface area contributed by atoms with Crippen molar-refractivity contribution in [3.8, 4) is 0 Å². The molecule has 0 aliphatic rings. The van der Waals surface area contributed by atoms with E-state index in [1.54, 1.807) is 0 Å². The number of alkyl halides is 1. The summed E-state index contributed by atoms with van der Waals surface area (Å²) in [5, 5.41) is 3.13. The van der Waals surface area contributed by atoms with Gasteiger partial charge < -0.3 is 5.32 Å². The fourth-order valence-electron chi connectivity index (χ4n) is 1.41. The minimum absolute atomic E-state index is 0.415. The molecule has 0 amide bonds. The monoisotopic (exact) mass is 247 g/mol. The van der Waals surface area contributed by atoms with Gasteiger partial charge in [0.25, 0.3) is 0 Å². The molecule has 0 aromatic heterocycles. The molecule has 1 aromatic carbocycles. The van der Waals surface area contributed by atoms with E-state index in [4.69, 9.17) is 11.6 Å². The summed E-state index contributed by atoms with van der Waals surface area (Å²) in [7, 11) is 0. The highest BCUT2D eigenvalue weighted by atomic mass is 35.5. The van der Waals surface area contributed by atoms with Crippen molar-refractivity contribution in [1.82, 2.24) is 5.32 Å². The summed E-state index contributed by atoms with van der Waals surface area (Å²) >= 11 is 5.61. The summed E-state index contributed by atoms with van der Waals surface area (Å²) < 4.78 is 25.8. The molecule has 0 aliphatic heterocycles. The summed E-state index contributed by atoms with van der Waals surface area (Å²) in [6.07, 6.45) is 0.931. The predicted octanol–water partition coefficient (Wildman–Crippen LogP) is 3.32. The Morgan fingerprint density at radius 1 is 1.38 bits per heavy atom. The standard InChI is InChI=1S/C12H16ClF2N/c1-9(4-5-13)7-16-8-10-2-3-11(14)6-12(10)15/h2-3,6,9,16H,4-5,7-8H2,1H3. The molecule has 0 saturated heterocycles. The molecule has 0 saturated carbocycles. The maximum absolute atomic E-state index is 13.2. The molecule has 0 spiro atoms. The Hall–Kier alpha value is -0.670. The van der Waals surface area contributed by atoms with E-state index in [-0.39, 0.29) is 0 Å². The third-order valence-corrected chi connectivity index (χ3v) is 2.64. The highest BCUT2D eigenvalue weighted by Crippen LogP contribution is 2.09. The molecule has 1 rings (SSSR count). The molecule has 1 nitrogen and oxygen atoms in total. The van der Waals surface area contributed by atoms with Crippen LogP contribution in [0.15, 0.2) is 18.2 Å². The average molecular weight is 248 g/mol. The van der Waals surface area contributed by atoms with Gasteiger partial charge in [0.05, 0.1) is 0 Å². The van der Waals surface area contributed by atoms with E-state index in [1.165, 1.54) is 12.1 Å². The molecule has 1 N–H and O–H groups in total. The van der Waals surface area contributed by atoms with E-state index < -0.39 is 11.6 Å². The van der Waals surface area contributed by atoms with Crippen LogP contribution in [-0.4, -0.2) is 12.4 Å². The van der Waals surface area contributed by atoms with Crippen LogP contribution in [0.1, 0.15) is 18.9 Å². The third-order valence-electron chi connectivity index (χ3n) is 2.43. The summed E-state index contributed by atoms with van der Waals surface area (Å²) in [4.78, 5) is 0. The van der Waals surface area contributed by atoms with E-state index >= 15 is 0 Å². The van der Waals surface area contributed by atoms with Crippen LogP contribution in [0, 0.1) is 17.6 Å². The minimum Gasteiger partial charge on any atom is -0.312 e. The first-order chi connectivity index (χ1) is 7.63. The average Bonchev–Trinajstić information content (AvgIpc) is 2.22. The van der Waals surface area contributed by atoms with Gasteiger partial charge in [0.1, 0.15) is 11.6 Å². The van der Waals surface area contributed by atoms with Gasteiger partial charge in [-0.15, -0.1) is 11.6 Å². The second-order valence-corrected chi connectivity index (χ2v) is 4.33. The van der Waals surface area contributed by atoms with Crippen molar-refractivity contribution < 1.29 is 8.78 Å². The lowest BCUT2D eigenvalue weighted by Crippen LogP contribution is -2.21. The Labute approximate surface area is 99.8 Å². The number of halogens is 3. The normalized spacial score (nSPS) is 12.8. The van der Waals surface area contributed by atoms with Gasteiger partial charge >= 0.3 is 0 Å². The Bertz CT molecular complexity index is 331. The maximum Gasteiger partial charge on any atom is 0.130 e. The third kappa shape index (κ3) is 4.45. The Kier molecular flexibility index (Phi) is 5.71. The lowest BCUT2D eigenvalue weighted by Gasteiger charge is -2.11. The Balaban J connectivity index is 2.37. The molecular weight excluding hydrogens is 232 g/mol. The SMILES string of the molecule is CC(CCCl)CNCc1ccc(F)cc1F. The highest BCUT2D eigenvalue weighted by molar-refractivity contribution is 6.17. The number of benzene rings is 1. The summed E-state index contributed by atoms with van der Waals surface area (Å²) in [6.45, 7) is 3.28. The summed E-state index contributed by atoms with van der Waals surface area (Å²) in [6, 6.07) is 3.63. The molecule has 0 radical (unpaired) electrons. The Morgan fingerprint density at radius 2 is 2.12 bits per heavy atom. The second kappa shape index (κ2) is 6.81. The topological polar surface area (TPSA) is 12.0 Å². The fraction of sp³-hybridized carbons (Fsp3) is 0.500. The van der Waals surface area contributed by atoms with E-state index in [0.717, 1.165) is 19.0 Å². The van der Waals surface area contributed by atoms with Crippen LogP contribution < -0.4 is 5.32 Å². The van der Waals surface area contributed by atoms with Crippen LogP contribution in [0.5, 0.6) is 0 Å². The number of hydrogen-bond donors (Lipinski definition) is 1. The number of nitrogens with one attached hydrogen (secondary N) is 1. The van der Waals surface area contributed by atoms with Crippen LogP contribution in [0.4, 0.5) is 8.78 Å². The van der Waals surface area contributed by atoms with Gasteiger partial charge in [-0.3, -0.25) is 0 Å². The first-order valence-electron chi connectivity index (χ1n) is 5.34.